The van der Waals surface area contributed by atoms with Crippen LogP contribution in [0.25, 0.3) is 0 Å². The summed E-state index contributed by atoms with van der Waals surface area (Å²) >= 11 is 0. The van der Waals surface area contributed by atoms with Gasteiger partial charge in [-0.3, -0.25) is 9.59 Å². The van der Waals surface area contributed by atoms with Crippen molar-refractivity contribution < 1.29 is 9.59 Å². The minimum Gasteiger partial charge on any atom is -0.340 e. The molecule has 1 unspecified atom stereocenters. The van der Waals surface area contributed by atoms with Crippen molar-refractivity contribution in [3.63, 3.8) is 0 Å². The highest BCUT2D eigenvalue weighted by atomic mass is 16.2. The van der Waals surface area contributed by atoms with E-state index in [4.69, 9.17) is 0 Å². The lowest BCUT2D eigenvalue weighted by Gasteiger charge is -2.47. The average Bonchev–Trinajstić information content (AvgIpc) is 2.41. The fourth-order valence-electron chi connectivity index (χ4n) is 3.48. The van der Waals surface area contributed by atoms with E-state index < -0.39 is 5.54 Å². The molecule has 19 heavy (non-hydrogen) atoms. The second kappa shape index (κ2) is 5.93. The van der Waals surface area contributed by atoms with Crippen LogP contribution in [0.5, 0.6) is 0 Å². The van der Waals surface area contributed by atoms with Crippen molar-refractivity contribution in [3.8, 4) is 0 Å². The Morgan fingerprint density at radius 2 is 1.84 bits per heavy atom. The molecule has 1 N–H and O–H groups in total. The highest BCUT2D eigenvalue weighted by Crippen LogP contribution is 2.34. The van der Waals surface area contributed by atoms with Crippen LogP contribution >= 0.6 is 0 Å². The van der Waals surface area contributed by atoms with E-state index in [1.807, 2.05) is 4.90 Å². The lowest BCUT2D eigenvalue weighted by atomic mass is 9.78. The normalized spacial score (nSPS) is 26.6. The summed E-state index contributed by atoms with van der Waals surface area (Å²) in [6.07, 6.45) is 7.51. The second-order valence-corrected chi connectivity index (χ2v) is 5.94. The molecule has 2 fully saturated rings. The van der Waals surface area contributed by atoms with Gasteiger partial charge in [0, 0.05) is 6.54 Å². The number of hydrogen-bond acceptors (Lipinski definition) is 2. The summed E-state index contributed by atoms with van der Waals surface area (Å²) in [5.41, 5.74) is -0.575. The van der Waals surface area contributed by atoms with E-state index in [0.29, 0.717) is 6.54 Å². The zero-order valence-corrected chi connectivity index (χ0v) is 12.2. The maximum absolute atomic E-state index is 12.8. The first kappa shape index (κ1) is 14.4. The molecule has 1 saturated heterocycles. The Kier molecular flexibility index (Phi) is 4.48. The standard InChI is InChI=1S/C15H26N2O2/c1-3-8-12-13(18)16-15(9-6-5-7-10-15)14(19)17(12)11-4-2/h12H,3-11H2,1-2H3,(H,16,18). The van der Waals surface area contributed by atoms with E-state index in [0.717, 1.165) is 44.9 Å². The van der Waals surface area contributed by atoms with E-state index in [1.54, 1.807) is 0 Å². The van der Waals surface area contributed by atoms with Crippen LogP contribution in [0, 0.1) is 0 Å². The van der Waals surface area contributed by atoms with E-state index in [-0.39, 0.29) is 17.9 Å². The first-order chi connectivity index (χ1) is 9.14. The third-order valence-corrected chi connectivity index (χ3v) is 4.45. The van der Waals surface area contributed by atoms with Crippen molar-refractivity contribution in [2.45, 2.75) is 76.8 Å². The highest BCUT2D eigenvalue weighted by Gasteiger charge is 2.50. The SMILES string of the molecule is CCCC1C(=O)NC2(CCCCC2)C(=O)N1CCC. The van der Waals surface area contributed by atoms with Gasteiger partial charge in [-0.1, -0.05) is 39.5 Å². The molecule has 1 atom stereocenters. The summed E-state index contributed by atoms with van der Waals surface area (Å²) in [4.78, 5) is 27.1. The molecule has 2 amide bonds. The lowest BCUT2D eigenvalue weighted by Crippen LogP contribution is -2.70. The van der Waals surface area contributed by atoms with Crippen molar-refractivity contribution in [2.75, 3.05) is 6.54 Å². The Morgan fingerprint density at radius 3 is 2.42 bits per heavy atom. The summed E-state index contributed by atoms with van der Waals surface area (Å²) in [6.45, 7) is 4.84. The Hall–Kier alpha value is -1.06. The minimum atomic E-state index is -0.575. The average molecular weight is 266 g/mol. The number of hydrogen-bond donors (Lipinski definition) is 1. The van der Waals surface area contributed by atoms with Crippen molar-refractivity contribution in [1.82, 2.24) is 10.2 Å². The van der Waals surface area contributed by atoms with Crippen LogP contribution in [0.2, 0.25) is 0 Å². The number of carbonyl (C=O) groups excluding carboxylic acids is 2. The van der Waals surface area contributed by atoms with Gasteiger partial charge in [0.25, 0.3) is 0 Å². The number of nitrogens with one attached hydrogen (secondary N) is 1. The molecule has 1 aliphatic carbocycles. The number of amides is 2. The minimum absolute atomic E-state index is 0.0665. The molecule has 1 aliphatic heterocycles. The summed E-state index contributed by atoms with van der Waals surface area (Å²) in [7, 11) is 0. The molecule has 0 aromatic carbocycles. The van der Waals surface area contributed by atoms with Crippen LogP contribution in [-0.2, 0) is 9.59 Å². The largest absolute Gasteiger partial charge is 0.340 e. The van der Waals surface area contributed by atoms with E-state index in [9.17, 15) is 9.59 Å². The molecule has 108 valence electrons. The fraction of sp³-hybridized carbons (Fsp3) is 0.867. The molecule has 0 aromatic rings. The second-order valence-electron chi connectivity index (χ2n) is 5.94. The third-order valence-electron chi connectivity index (χ3n) is 4.45. The van der Waals surface area contributed by atoms with Gasteiger partial charge in [0.1, 0.15) is 11.6 Å². The van der Waals surface area contributed by atoms with E-state index >= 15 is 0 Å². The Balaban J connectivity index is 2.23. The Morgan fingerprint density at radius 1 is 1.16 bits per heavy atom. The summed E-state index contributed by atoms with van der Waals surface area (Å²) in [5.74, 6) is 0.240. The van der Waals surface area contributed by atoms with Crippen LogP contribution < -0.4 is 5.32 Å². The van der Waals surface area contributed by atoms with Crippen molar-refractivity contribution in [1.29, 1.82) is 0 Å². The Labute approximate surface area is 115 Å². The van der Waals surface area contributed by atoms with Crippen LogP contribution in [0.4, 0.5) is 0 Å². The number of piperazine rings is 1. The van der Waals surface area contributed by atoms with Crippen LogP contribution in [0.3, 0.4) is 0 Å². The predicted molar refractivity (Wildman–Crippen MR) is 74.7 cm³/mol. The van der Waals surface area contributed by atoms with Crippen molar-refractivity contribution >= 4 is 11.8 Å². The number of nitrogens with zero attached hydrogens (tertiary/aromatic N) is 1. The molecule has 1 spiro atoms. The topological polar surface area (TPSA) is 49.4 Å². The zero-order chi connectivity index (χ0) is 13.9. The maximum Gasteiger partial charge on any atom is 0.249 e. The van der Waals surface area contributed by atoms with E-state index in [2.05, 4.69) is 19.2 Å². The van der Waals surface area contributed by atoms with Gasteiger partial charge in [0.15, 0.2) is 0 Å². The van der Waals surface area contributed by atoms with Crippen LogP contribution in [0.1, 0.15) is 65.2 Å². The molecule has 1 saturated carbocycles. The quantitative estimate of drug-likeness (QED) is 0.848. The van der Waals surface area contributed by atoms with Crippen molar-refractivity contribution in [2.24, 2.45) is 0 Å². The highest BCUT2D eigenvalue weighted by molar-refractivity contribution is 5.99. The molecule has 0 aromatic heterocycles. The molecule has 0 radical (unpaired) electrons. The van der Waals surface area contributed by atoms with Crippen LogP contribution in [-0.4, -0.2) is 34.8 Å². The van der Waals surface area contributed by atoms with Gasteiger partial charge in [-0.15, -0.1) is 0 Å². The number of carbonyl (C=O) groups is 2. The molecular formula is C15H26N2O2. The summed E-state index contributed by atoms with van der Waals surface area (Å²) < 4.78 is 0. The van der Waals surface area contributed by atoms with Gasteiger partial charge >= 0.3 is 0 Å². The van der Waals surface area contributed by atoms with Gasteiger partial charge in [0.05, 0.1) is 0 Å². The van der Waals surface area contributed by atoms with Gasteiger partial charge in [-0.2, -0.15) is 0 Å². The molecule has 1 heterocycles. The number of rotatable bonds is 4. The van der Waals surface area contributed by atoms with Gasteiger partial charge in [-0.25, -0.2) is 0 Å². The zero-order valence-electron chi connectivity index (χ0n) is 12.2. The van der Waals surface area contributed by atoms with Crippen LogP contribution in [0.15, 0.2) is 0 Å². The van der Waals surface area contributed by atoms with Gasteiger partial charge in [-0.05, 0) is 25.7 Å². The monoisotopic (exact) mass is 266 g/mol. The molecule has 0 bridgehead atoms. The van der Waals surface area contributed by atoms with Gasteiger partial charge < -0.3 is 10.2 Å². The Bertz CT molecular complexity index is 348. The molecule has 4 nitrogen and oxygen atoms in total. The van der Waals surface area contributed by atoms with E-state index in [1.165, 1.54) is 6.42 Å². The summed E-state index contributed by atoms with van der Waals surface area (Å²) in [5, 5.41) is 3.07. The molecule has 2 rings (SSSR count). The van der Waals surface area contributed by atoms with Gasteiger partial charge in [0.2, 0.25) is 11.8 Å². The van der Waals surface area contributed by atoms with Crippen molar-refractivity contribution in [3.05, 3.63) is 0 Å². The molecular weight excluding hydrogens is 240 g/mol. The predicted octanol–water partition coefficient (Wildman–Crippen LogP) is 2.23. The molecule has 4 heteroatoms. The lowest BCUT2D eigenvalue weighted by molar-refractivity contribution is -0.157. The molecule has 2 aliphatic rings. The smallest absolute Gasteiger partial charge is 0.249 e. The summed E-state index contributed by atoms with van der Waals surface area (Å²) in [6, 6.07) is -0.245. The first-order valence-electron chi connectivity index (χ1n) is 7.77. The first-order valence-corrected chi connectivity index (χ1v) is 7.77. The maximum atomic E-state index is 12.8. The third kappa shape index (κ3) is 2.63. The fourth-order valence-corrected chi connectivity index (χ4v) is 3.48.